The topological polar surface area (TPSA) is 37.4 Å². The van der Waals surface area contributed by atoms with Crippen LogP contribution in [0.4, 0.5) is 0 Å². The summed E-state index contributed by atoms with van der Waals surface area (Å²) in [6.07, 6.45) is 6.53. The molecule has 0 atom stereocenters. The van der Waals surface area contributed by atoms with Crippen molar-refractivity contribution in [2.45, 2.75) is 58.4 Å². The fourth-order valence-electron chi connectivity index (χ4n) is 3.63. The van der Waals surface area contributed by atoms with Crippen molar-refractivity contribution < 1.29 is 9.59 Å². The summed E-state index contributed by atoms with van der Waals surface area (Å²) in [5.74, 6) is 0.628. The van der Waals surface area contributed by atoms with E-state index in [1.807, 2.05) is 38.1 Å². The molecule has 1 saturated carbocycles. The number of hydrogen-bond donors (Lipinski definition) is 0. The first kappa shape index (κ1) is 17.3. The van der Waals surface area contributed by atoms with E-state index in [0.717, 1.165) is 42.6 Å². The molecule has 1 aromatic rings. The zero-order valence-corrected chi connectivity index (χ0v) is 15.3. The van der Waals surface area contributed by atoms with Crippen LogP contribution >= 0.6 is 11.8 Å². The molecule has 1 fully saturated rings. The summed E-state index contributed by atoms with van der Waals surface area (Å²) in [5.41, 5.74) is 2.63. The van der Waals surface area contributed by atoms with Crippen LogP contribution in [0.15, 0.2) is 29.2 Å². The molecule has 1 heterocycles. The van der Waals surface area contributed by atoms with Gasteiger partial charge in [-0.15, -0.1) is 11.8 Å². The van der Waals surface area contributed by atoms with Gasteiger partial charge in [0.05, 0.1) is 10.5 Å². The molecule has 24 heavy (non-hydrogen) atoms. The van der Waals surface area contributed by atoms with Crippen LogP contribution in [0.25, 0.3) is 5.57 Å². The Balaban J connectivity index is 1.96. The highest BCUT2D eigenvalue weighted by Gasteiger charge is 2.42. The second-order valence-electron chi connectivity index (χ2n) is 6.63. The Morgan fingerprint density at radius 1 is 1.00 bits per heavy atom. The van der Waals surface area contributed by atoms with E-state index in [0.29, 0.717) is 10.5 Å². The van der Waals surface area contributed by atoms with Crippen molar-refractivity contribution in [3.05, 3.63) is 40.3 Å². The lowest BCUT2D eigenvalue weighted by molar-refractivity contribution is -0.139. The lowest BCUT2D eigenvalue weighted by atomic mass is 10.0. The van der Waals surface area contributed by atoms with Crippen LogP contribution in [-0.2, 0) is 9.59 Å². The molecule has 0 bridgehead atoms. The maximum atomic E-state index is 13.1. The minimum Gasteiger partial charge on any atom is -0.271 e. The third-order valence-electron chi connectivity index (χ3n) is 4.89. The average molecular weight is 343 g/mol. The number of hydrogen-bond acceptors (Lipinski definition) is 3. The van der Waals surface area contributed by atoms with Gasteiger partial charge in [0.15, 0.2) is 0 Å². The van der Waals surface area contributed by atoms with Crippen molar-refractivity contribution in [1.82, 2.24) is 4.90 Å². The van der Waals surface area contributed by atoms with Crippen molar-refractivity contribution in [2.75, 3.05) is 5.75 Å². The Morgan fingerprint density at radius 3 is 2.21 bits per heavy atom. The normalized spacial score (nSPS) is 20.0. The molecule has 1 aromatic carbocycles. The minimum atomic E-state index is -0.0910. The molecule has 0 unspecified atom stereocenters. The minimum absolute atomic E-state index is 0.0721. The van der Waals surface area contributed by atoms with Crippen LogP contribution in [0, 0.1) is 6.92 Å². The third kappa shape index (κ3) is 3.30. The largest absolute Gasteiger partial charge is 0.271 e. The van der Waals surface area contributed by atoms with Crippen molar-refractivity contribution in [2.24, 2.45) is 0 Å². The van der Waals surface area contributed by atoms with Crippen molar-refractivity contribution in [1.29, 1.82) is 0 Å². The summed E-state index contributed by atoms with van der Waals surface area (Å²) in [6, 6.07) is 8.00. The SMILES string of the molecule is CCSC1=C(c2ccc(C)cc2)C(=O)N(C2CCCCCC2)C1=O. The van der Waals surface area contributed by atoms with Gasteiger partial charge in [-0.05, 0) is 31.1 Å². The lowest BCUT2D eigenvalue weighted by Gasteiger charge is -2.25. The summed E-state index contributed by atoms with van der Waals surface area (Å²) in [7, 11) is 0. The number of imide groups is 1. The predicted molar refractivity (Wildman–Crippen MR) is 99.6 cm³/mol. The number of nitrogens with zero attached hydrogens (tertiary/aromatic N) is 1. The molecule has 128 valence electrons. The van der Waals surface area contributed by atoms with E-state index < -0.39 is 0 Å². The monoisotopic (exact) mass is 343 g/mol. The summed E-state index contributed by atoms with van der Waals surface area (Å²) in [4.78, 5) is 28.3. The molecule has 3 rings (SSSR count). The second kappa shape index (κ2) is 7.56. The summed E-state index contributed by atoms with van der Waals surface area (Å²) in [6.45, 7) is 4.05. The van der Waals surface area contributed by atoms with Crippen LogP contribution in [0.2, 0.25) is 0 Å². The van der Waals surface area contributed by atoms with Crippen LogP contribution in [-0.4, -0.2) is 28.5 Å². The number of rotatable bonds is 4. The van der Waals surface area contributed by atoms with Crippen molar-refractivity contribution >= 4 is 29.1 Å². The van der Waals surface area contributed by atoms with E-state index in [2.05, 4.69) is 0 Å². The smallest absolute Gasteiger partial charge is 0.268 e. The van der Waals surface area contributed by atoms with E-state index in [9.17, 15) is 9.59 Å². The Bertz CT molecular complexity index is 655. The summed E-state index contributed by atoms with van der Waals surface area (Å²) >= 11 is 1.50. The van der Waals surface area contributed by atoms with Gasteiger partial charge in [0, 0.05) is 6.04 Å². The standard InChI is InChI=1S/C20H25NO2S/c1-3-24-18-17(15-12-10-14(2)11-13-15)19(22)21(20(18)23)16-8-6-4-5-7-9-16/h10-13,16H,3-9H2,1-2H3. The van der Waals surface area contributed by atoms with Gasteiger partial charge in [-0.2, -0.15) is 0 Å². The number of amides is 2. The van der Waals surface area contributed by atoms with E-state index in [4.69, 9.17) is 0 Å². The van der Waals surface area contributed by atoms with Gasteiger partial charge < -0.3 is 0 Å². The van der Waals surface area contributed by atoms with Crippen molar-refractivity contribution in [3.63, 3.8) is 0 Å². The van der Waals surface area contributed by atoms with E-state index >= 15 is 0 Å². The van der Waals surface area contributed by atoms with E-state index in [-0.39, 0.29) is 17.9 Å². The first-order valence-corrected chi connectivity index (χ1v) is 9.94. The number of carbonyl (C=O) groups excluding carboxylic acids is 2. The molecule has 0 radical (unpaired) electrons. The Kier molecular flexibility index (Phi) is 5.44. The Labute approximate surface area is 148 Å². The molecule has 1 aliphatic carbocycles. The second-order valence-corrected chi connectivity index (χ2v) is 7.90. The maximum absolute atomic E-state index is 13.1. The molecule has 2 aliphatic rings. The number of aryl methyl sites for hydroxylation is 1. The molecule has 0 N–H and O–H groups in total. The van der Waals surface area contributed by atoms with Gasteiger partial charge in [0.25, 0.3) is 11.8 Å². The highest BCUT2D eigenvalue weighted by Crippen LogP contribution is 2.38. The zero-order chi connectivity index (χ0) is 17.1. The van der Waals surface area contributed by atoms with Gasteiger partial charge in [0.1, 0.15) is 0 Å². The van der Waals surface area contributed by atoms with Gasteiger partial charge in [-0.3, -0.25) is 14.5 Å². The lowest BCUT2D eigenvalue weighted by Crippen LogP contribution is -2.40. The number of thioether (sulfide) groups is 1. The quantitative estimate of drug-likeness (QED) is 0.594. The van der Waals surface area contributed by atoms with Crippen LogP contribution in [0.5, 0.6) is 0 Å². The third-order valence-corrected chi connectivity index (χ3v) is 5.85. The molecular formula is C20H25NO2S. The van der Waals surface area contributed by atoms with E-state index in [1.165, 1.54) is 24.6 Å². The Hall–Kier alpha value is -1.55. The maximum Gasteiger partial charge on any atom is 0.268 e. The molecule has 3 nitrogen and oxygen atoms in total. The number of benzene rings is 1. The molecule has 4 heteroatoms. The first-order chi connectivity index (χ1) is 11.6. The highest BCUT2D eigenvalue weighted by molar-refractivity contribution is 8.04. The Morgan fingerprint density at radius 2 is 1.62 bits per heavy atom. The van der Waals surface area contributed by atoms with Crippen LogP contribution < -0.4 is 0 Å². The van der Waals surface area contributed by atoms with Crippen LogP contribution in [0.1, 0.15) is 56.6 Å². The molecule has 2 amide bonds. The summed E-state index contributed by atoms with van der Waals surface area (Å²) in [5, 5.41) is 0. The first-order valence-electron chi connectivity index (χ1n) is 8.95. The molecule has 0 saturated heterocycles. The molecule has 1 aliphatic heterocycles. The van der Waals surface area contributed by atoms with Gasteiger partial charge in [-0.1, -0.05) is 62.4 Å². The average Bonchev–Trinajstić information content (AvgIpc) is 2.77. The van der Waals surface area contributed by atoms with Gasteiger partial charge in [-0.25, -0.2) is 0 Å². The van der Waals surface area contributed by atoms with Gasteiger partial charge >= 0.3 is 0 Å². The summed E-state index contributed by atoms with van der Waals surface area (Å²) < 4.78 is 0. The van der Waals surface area contributed by atoms with E-state index in [1.54, 1.807) is 4.90 Å². The van der Waals surface area contributed by atoms with Gasteiger partial charge in [0.2, 0.25) is 0 Å². The fraction of sp³-hybridized carbons (Fsp3) is 0.500. The van der Waals surface area contributed by atoms with Crippen LogP contribution in [0.3, 0.4) is 0 Å². The zero-order valence-electron chi connectivity index (χ0n) is 14.5. The highest BCUT2D eigenvalue weighted by atomic mass is 32.2. The molecular weight excluding hydrogens is 318 g/mol. The number of carbonyl (C=O) groups is 2. The molecule has 0 spiro atoms. The molecule has 0 aromatic heterocycles. The fourth-order valence-corrected chi connectivity index (χ4v) is 4.49. The van der Waals surface area contributed by atoms with Crippen molar-refractivity contribution in [3.8, 4) is 0 Å². The predicted octanol–water partition coefficient (Wildman–Crippen LogP) is 4.55.